The molecule has 1 unspecified atom stereocenters. The quantitative estimate of drug-likeness (QED) is 0.707. The van der Waals surface area contributed by atoms with Gasteiger partial charge in [0.25, 0.3) is 0 Å². The fourth-order valence-electron chi connectivity index (χ4n) is 4.81. The minimum atomic E-state index is -1.08. The zero-order chi connectivity index (χ0) is 23.8. The summed E-state index contributed by atoms with van der Waals surface area (Å²) in [5.41, 5.74) is 5.03. The molecule has 2 amide bonds. The molecule has 2 aliphatic heterocycles. The Hall–Kier alpha value is -3.48. The van der Waals surface area contributed by atoms with E-state index in [1.54, 1.807) is 11.8 Å². The summed E-state index contributed by atoms with van der Waals surface area (Å²) in [6.45, 7) is 6.57. The van der Waals surface area contributed by atoms with E-state index < -0.39 is 18.1 Å². The Morgan fingerprint density at radius 1 is 1.09 bits per heavy atom. The van der Waals surface area contributed by atoms with E-state index in [1.807, 2.05) is 50.4 Å². The molecule has 2 aromatic rings. The van der Waals surface area contributed by atoms with E-state index in [-0.39, 0.29) is 24.8 Å². The number of rotatable bonds is 7. The molecule has 7 heteroatoms. The molecule has 2 aliphatic rings. The van der Waals surface area contributed by atoms with E-state index in [9.17, 15) is 19.5 Å². The molecule has 1 N–H and O–H groups in total. The molecule has 172 valence electrons. The zero-order valence-electron chi connectivity index (χ0n) is 19.3. The van der Waals surface area contributed by atoms with E-state index in [4.69, 9.17) is 0 Å². The van der Waals surface area contributed by atoms with Crippen LogP contribution in [0.15, 0.2) is 41.4 Å². The average Bonchev–Trinajstić information content (AvgIpc) is 3.18. The molecule has 0 spiro atoms. The average molecular weight is 448 g/mol. The number of aliphatic imine (C=N–C) groups is 1. The summed E-state index contributed by atoms with van der Waals surface area (Å²) < 4.78 is 0. The number of carbonyl (C=O) groups is 3. The van der Waals surface area contributed by atoms with Gasteiger partial charge in [-0.05, 0) is 49.4 Å². The SMILES string of the molecule is Cc1cc(C)cc(CC(=O)N2CCC2(C)C(=O)N(CC(=O)O)Cc2ccc3c(c2)CN=C3)c1. The molecular formula is C26H29N3O4. The predicted molar refractivity (Wildman–Crippen MR) is 125 cm³/mol. The molecule has 4 rings (SSSR count). The smallest absolute Gasteiger partial charge is 0.323 e. The Labute approximate surface area is 193 Å². The van der Waals surface area contributed by atoms with Crippen molar-refractivity contribution in [1.82, 2.24) is 9.80 Å². The Balaban J connectivity index is 1.51. The third-order valence-corrected chi connectivity index (χ3v) is 6.50. The number of carboxylic acid groups (broad SMARTS) is 1. The maximum Gasteiger partial charge on any atom is 0.323 e. The summed E-state index contributed by atoms with van der Waals surface area (Å²) in [6.07, 6.45) is 2.54. The third kappa shape index (κ3) is 4.67. The van der Waals surface area contributed by atoms with Gasteiger partial charge in [-0.15, -0.1) is 0 Å². The lowest BCUT2D eigenvalue weighted by Crippen LogP contribution is -2.68. The lowest BCUT2D eigenvalue weighted by molar-refractivity contribution is -0.165. The molecule has 1 fully saturated rings. The van der Waals surface area contributed by atoms with Gasteiger partial charge in [0.2, 0.25) is 11.8 Å². The molecule has 1 atom stereocenters. The fraction of sp³-hybridized carbons (Fsp3) is 0.385. The van der Waals surface area contributed by atoms with Gasteiger partial charge in [-0.25, -0.2) is 0 Å². The van der Waals surface area contributed by atoms with Crippen LogP contribution in [-0.4, -0.2) is 57.5 Å². The van der Waals surface area contributed by atoms with E-state index in [2.05, 4.69) is 11.1 Å². The highest BCUT2D eigenvalue weighted by Gasteiger charge is 2.51. The van der Waals surface area contributed by atoms with Gasteiger partial charge in [0.1, 0.15) is 12.1 Å². The van der Waals surface area contributed by atoms with E-state index in [0.717, 1.165) is 33.4 Å². The molecule has 0 bridgehead atoms. The molecule has 2 heterocycles. The molecule has 0 saturated carbocycles. The Morgan fingerprint density at radius 3 is 2.45 bits per heavy atom. The number of benzene rings is 2. The summed E-state index contributed by atoms with van der Waals surface area (Å²) in [5.74, 6) is -1.53. The Kier molecular flexibility index (Phi) is 6.06. The van der Waals surface area contributed by atoms with Crippen LogP contribution in [0.2, 0.25) is 0 Å². The minimum Gasteiger partial charge on any atom is -0.480 e. The first-order valence-corrected chi connectivity index (χ1v) is 11.2. The number of nitrogens with zero attached hydrogens (tertiary/aromatic N) is 3. The predicted octanol–water partition coefficient (Wildman–Crippen LogP) is 2.88. The second-order valence-electron chi connectivity index (χ2n) is 9.30. The summed E-state index contributed by atoms with van der Waals surface area (Å²) in [4.78, 5) is 45.4. The topological polar surface area (TPSA) is 90.3 Å². The number of aliphatic carboxylic acids is 1. The van der Waals surface area contributed by atoms with Crippen molar-refractivity contribution < 1.29 is 19.5 Å². The van der Waals surface area contributed by atoms with Crippen LogP contribution in [0.3, 0.4) is 0 Å². The Bertz CT molecular complexity index is 1140. The number of likely N-dealkylation sites (tertiary alicyclic amines) is 1. The normalized spacial score (nSPS) is 18.6. The summed E-state index contributed by atoms with van der Waals surface area (Å²) >= 11 is 0. The summed E-state index contributed by atoms with van der Waals surface area (Å²) in [6, 6.07) is 11.8. The number of carboxylic acids is 1. The number of aryl methyl sites for hydroxylation is 2. The molecule has 2 aromatic carbocycles. The van der Waals surface area contributed by atoms with Gasteiger partial charge in [0.05, 0.1) is 13.0 Å². The van der Waals surface area contributed by atoms with Gasteiger partial charge >= 0.3 is 5.97 Å². The number of fused-ring (bicyclic) bond motifs is 1. The lowest BCUT2D eigenvalue weighted by atomic mass is 9.84. The summed E-state index contributed by atoms with van der Waals surface area (Å²) in [5, 5.41) is 9.45. The van der Waals surface area contributed by atoms with Gasteiger partial charge in [0.15, 0.2) is 0 Å². The van der Waals surface area contributed by atoms with Gasteiger partial charge in [0, 0.05) is 19.3 Å². The fourth-order valence-corrected chi connectivity index (χ4v) is 4.81. The van der Waals surface area contributed by atoms with Crippen LogP contribution in [0.25, 0.3) is 0 Å². The highest BCUT2D eigenvalue weighted by molar-refractivity contribution is 5.95. The van der Waals surface area contributed by atoms with Crippen LogP contribution in [0.5, 0.6) is 0 Å². The monoisotopic (exact) mass is 447 g/mol. The van der Waals surface area contributed by atoms with E-state index >= 15 is 0 Å². The first kappa shape index (κ1) is 22.7. The van der Waals surface area contributed by atoms with Crippen molar-refractivity contribution in [3.8, 4) is 0 Å². The molecular weight excluding hydrogens is 418 g/mol. The first-order valence-electron chi connectivity index (χ1n) is 11.2. The van der Waals surface area contributed by atoms with Gasteiger partial charge in [-0.3, -0.25) is 19.4 Å². The zero-order valence-corrected chi connectivity index (χ0v) is 19.3. The van der Waals surface area contributed by atoms with Gasteiger partial charge in [-0.1, -0.05) is 47.5 Å². The van der Waals surface area contributed by atoms with E-state index in [1.165, 1.54) is 4.90 Å². The van der Waals surface area contributed by atoms with Crippen molar-refractivity contribution in [2.24, 2.45) is 4.99 Å². The maximum atomic E-state index is 13.5. The second-order valence-corrected chi connectivity index (χ2v) is 9.30. The van der Waals surface area contributed by atoms with Crippen LogP contribution < -0.4 is 0 Å². The van der Waals surface area contributed by atoms with Crippen molar-refractivity contribution in [2.45, 2.75) is 52.2 Å². The van der Waals surface area contributed by atoms with Gasteiger partial charge in [-0.2, -0.15) is 0 Å². The Morgan fingerprint density at radius 2 is 1.82 bits per heavy atom. The first-order chi connectivity index (χ1) is 15.7. The molecule has 0 radical (unpaired) electrons. The van der Waals surface area contributed by atoms with Crippen LogP contribution in [-0.2, 0) is 33.9 Å². The number of carbonyl (C=O) groups excluding carboxylic acids is 2. The number of hydrogen-bond donors (Lipinski definition) is 1. The molecule has 33 heavy (non-hydrogen) atoms. The van der Waals surface area contributed by atoms with Crippen LogP contribution in [0.4, 0.5) is 0 Å². The third-order valence-electron chi connectivity index (χ3n) is 6.50. The standard InChI is InChI=1S/C26H29N3O4/c1-17-8-18(2)10-20(9-17)12-23(30)29-7-6-26(29,3)25(33)28(16-24(31)32)15-19-4-5-21-13-27-14-22(21)11-19/h4-5,8-11,13H,6-7,12,14-16H2,1-3H3,(H,31,32). The van der Waals surface area contributed by atoms with Crippen LogP contribution >= 0.6 is 0 Å². The molecule has 1 saturated heterocycles. The lowest BCUT2D eigenvalue weighted by Gasteiger charge is -2.50. The van der Waals surface area contributed by atoms with Crippen LogP contribution in [0.1, 0.15) is 46.7 Å². The minimum absolute atomic E-state index is 0.118. The van der Waals surface area contributed by atoms with Crippen molar-refractivity contribution >= 4 is 24.0 Å². The second kappa shape index (κ2) is 8.81. The molecule has 7 nitrogen and oxygen atoms in total. The van der Waals surface area contributed by atoms with E-state index in [0.29, 0.717) is 19.5 Å². The van der Waals surface area contributed by atoms with Crippen molar-refractivity contribution in [1.29, 1.82) is 0 Å². The number of hydrogen-bond acceptors (Lipinski definition) is 4. The highest BCUT2D eigenvalue weighted by atomic mass is 16.4. The molecule has 0 aliphatic carbocycles. The summed E-state index contributed by atoms with van der Waals surface area (Å²) in [7, 11) is 0. The number of amides is 2. The highest BCUT2D eigenvalue weighted by Crippen LogP contribution is 2.34. The largest absolute Gasteiger partial charge is 0.480 e. The molecule has 0 aromatic heterocycles. The van der Waals surface area contributed by atoms with Crippen LogP contribution in [0, 0.1) is 13.8 Å². The maximum absolute atomic E-state index is 13.5. The van der Waals surface area contributed by atoms with Crippen molar-refractivity contribution in [3.63, 3.8) is 0 Å². The van der Waals surface area contributed by atoms with Gasteiger partial charge < -0.3 is 14.9 Å². The van der Waals surface area contributed by atoms with Crippen molar-refractivity contribution in [3.05, 3.63) is 69.8 Å². The van der Waals surface area contributed by atoms with Crippen molar-refractivity contribution in [2.75, 3.05) is 13.1 Å².